The van der Waals surface area contributed by atoms with Crippen molar-refractivity contribution in [3.63, 3.8) is 0 Å². The smallest absolute Gasteiger partial charge is 0.143 e. The molecule has 0 N–H and O–H groups in total. The zero-order chi connectivity index (χ0) is 50.6. The van der Waals surface area contributed by atoms with Gasteiger partial charge in [-0.05, 0) is 161 Å². The van der Waals surface area contributed by atoms with Crippen LogP contribution in [0.5, 0.6) is 0 Å². The summed E-state index contributed by atoms with van der Waals surface area (Å²) in [7, 11) is 0. The summed E-state index contributed by atoms with van der Waals surface area (Å²) in [5.41, 5.74) is 16.3. The fraction of sp³-hybridized carbons (Fsp3) is 0. The number of rotatable bonds is 6. The standard InChI is InChI=1S/C76H46O/c1-2-17-52-44-55(43-34-47(52)16-1)73-60-23-5-9-27-64(60)75(65-28-10-6-24-61(65)73)67-31-14-19-49-38-42-54(46-70(49)67)53-41-37-48-18-13-30-66(69(48)45-53)74-62-25-7-3-21-58(62)72(59-22-4-8-26-63(59)74)51-39-35-50(36-40-51)56-29-15-32-68-57-20-11-12-33-71(57)77-76(56)68/h1-46H. The Hall–Kier alpha value is -10.1. The third-order valence-electron chi connectivity index (χ3n) is 16.4. The van der Waals surface area contributed by atoms with Crippen molar-refractivity contribution in [3.05, 3.63) is 279 Å². The molecule has 0 bridgehead atoms. The molecule has 356 valence electrons. The Balaban J connectivity index is 0.841. The van der Waals surface area contributed by atoms with Gasteiger partial charge in [0.2, 0.25) is 0 Å². The number of hydrogen-bond donors (Lipinski definition) is 0. The lowest BCUT2D eigenvalue weighted by Crippen LogP contribution is -1.92. The van der Waals surface area contributed by atoms with E-state index in [1.54, 1.807) is 0 Å². The van der Waals surface area contributed by atoms with Crippen LogP contribution in [0.2, 0.25) is 0 Å². The topological polar surface area (TPSA) is 13.1 Å². The molecule has 0 radical (unpaired) electrons. The molecule has 15 aromatic carbocycles. The van der Waals surface area contributed by atoms with Crippen molar-refractivity contribution in [1.82, 2.24) is 0 Å². The number of benzene rings is 15. The molecule has 0 spiro atoms. The monoisotopic (exact) mass is 974 g/mol. The van der Waals surface area contributed by atoms with Crippen molar-refractivity contribution in [2.75, 3.05) is 0 Å². The van der Waals surface area contributed by atoms with E-state index in [0.717, 1.165) is 33.1 Å². The van der Waals surface area contributed by atoms with Crippen LogP contribution in [-0.4, -0.2) is 0 Å². The molecule has 0 atom stereocenters. The van der Waals surface area contributed by atoms with Gasteiger partial charge in [-0.25, -0.2) is 0 Å². The summed E-state index contributed by atoms with van der Waals surface area (Å²) < 4.78 is 6.47. The zero-order valence-corrected chi connectivity index (χ0v) is 42.0. The number of hydrogen-bond acceptors (Lipinski definition) is 1. The minimum absolute atomic E-state index is 0.910. The Labute approximate surface area is 445 Å². The second-order valence-corrected chi connectivity index (χ2v) is 20.6. The van der Waals surface area contributed by atoms with E-state index in [9.17, 15) is 0 Å². The predicted molar refractivity (Wildman–Crippen MR) is 329 cm³/mol. The molecular formula is C76H46O. The number of furan rings is 1. The highest BCUT2D eigenvalue weighted by Gasteiger charge is 2.21. The van der Waals surface area contributed by atoms with Crippen LogP contribution in [0.25, 0.3) is 164 Å². The maximum Gasteiger partial charge on any atom is 0.143 e. The Morgan fingerprint density at radius 3 is 1.09 bits per heavy atom. The van der Waals surface area contributed by atoms with Gasteiger partial charge in [0, 0.05) is 16.3 Å². The summed E-state index contributed by atoms with van der Waals surface area (Å²) in [4.78, 5) is 0. The van der Waals surface area contributed by atoms with Gasteiger partial charge in [-0.1, -0.05) is 255 Å². The summed E-state index contributed by atoms with van der Waals surface area (Å²) in [5, 5.41) is 19.6. The van der Waals surface area contributed by atoms with Crippen LogP contribution in [0, 0.1) is 0 Å². The lowest BCUT2D eigenvalue weighted by molar-refractivity contribution is 0.670. The molecular weight excluding hydrogens is 929 g/mol. The lowest BCUT2D eigenvalue weighted by Gasteiger charge is -2.20. The van der Waals surface area contributed by atoms with Gasteiger partial charge in [-0.15, -0.1) is 0 Å². The summed E-state index contributed by atoms with van der Waals surface area (Å²) in [6, 6.07) is 103. The van der Waals surface area contributed by atoms with E-state index >= 15 is 0 Å². The van der Waals surface area contributed by atoms with Crippen LogP contribution < -0.4 is 0 Å². The highest BCUT2D eigenvalue weighted by atomic mass is 16.3. The van der Waals surface area contributed by atoms with Crippen LogP contribution in [-0.2, 0) is 0 Å². The van der Waals surface area contributed by atoms with Crippen molar-refractivity contribution in [2.24, 2.45) is 0 Å². The average molecular weight is 975 g/mol. The number of fused-ring (bicyclic) bond motifs is 10. The van der Waals surface area contributed by atoms with Gasteiger partial charge in [0.05, 0.1) is 0 Å². The quantitative estimate of drug-likeness (QED) is 0.151. The van der Waals surface area contributed by atoms with Gasteiger partial charge in [0.25, 0.3) is 0 Å². The Kier molecular flexibility index (Phi) is 9.71. The second kappa shape index (κ2) is 17.2. The highest BCUT2D eigenvalue weighted by Crippen LogP contribution is 2.49. The van der Waals surface area contributed by atoms with E-state index in [-0.39, 0.29) is 0 Å². The van der Waals surface area contributed by atoms with E-state index in [0.29, 0.717) is 0 Å². The van der Waals surface area contributed by atoms with Gasteiger partial charge >= 0.3 is 0 Å². The largest absolute Gasteiger partial charge is 0.455 e. The molecule has 1 heterocycles. The average Bonchev–Trinajstić information content (AvgIpc) is 3.95. The molecule has 1 heteroatoms. The van der Waals surface area contributed by atoms with E-state index in [4.69, 9.17) is 4.42 Å². The van der Waals surface area contributed by atoms with Crippen LogP contribution in [0.4, 0.5) is 0 Å². The molecule has 77 heavy (non-hydrogen) atoms. The van der Waals surface area contributed by atoms with Crippen LogP contribution in [0.1, 0.15) is 0 Å². The third kappa shape index (κ3) is 6.81. The molecule has 0 saturated carbocycles. The van der Waals surface area contributed by atoms with Crippen molar-refractivity contribution < 1.29 is 4.42 Å². The molecule has 1 nitrogen and oxygen atoms in total. The van der Waals surface area contributed by atoms with E-state index in [1.807, 2.05) is 6.07 Å². The maximum atomic E-state index is 6.47. The molecule has 16 rings (SSSR count). The molecule has 0 aliphatic rings. The Bertz CT molecular complexity index is 4980. The SMILES string of the molecule is c1ccc2cc(-c3c4ccccc4c(-c4cccc5ccc(-c6ccc7cccc(-c8c9ccccc9c(-c9ccc(-c%10cccc%11c%10oc%10ccccc%10%11)cc9)c9ccccc89)c7c6)cc45)c4ccccc34)ccc2c1. The van der Waals surface area contributed by atoms with E-state index < -0.39 is 0 Å². The summed E-state index contributed by atoms with van der Waals surface area (Å²) in [6.07, 6.45) is 0. The van der Waals surface area contributed by atoms with E-state index in [2.05, 4.69) is 273 Å². The Morgan fingerprint density at radius 2 is 0.545 bits per heavy atom. The molecule has 0 unspecified atom stereocenters. The maximum absolute atomic E-state index is 6.47. The second-order valence-electron chi connectivity index (χ2n) is 20.6. The van der Waals surface area contributed by atoms with Gasteiger partial charge in [-0.3, -0.25) is 0 Å². The molecule has 16 aromatic rings. The fourth-order valence-corrected chi connectivity index (χ4v) is 12.9. The zero-order valence-electron chi connectivity index (χ0n) is 42.0. The lowest BCUT2D eigenvalue weighted by atomic mass is 9.83. The van der Waals surface area contributed by atoms with Gasteiger partial charge in [-0.2, -0.15) is 0 Å². The molecule has 0 amide bonds. The third-order valence-corrected chi connectivity index (χ3v) is 16.4. The molecule has 0 fully saturated rings. The fourth-order valence-electron chi connectivity index (χ4n) is 12.9. The van der Waals surface area contributed by atoms with Crippen molar-refractivity contribution >= 4 is 97.3 Å². The molecule has 0 saturated heterocycles. The molecule has 0 aliphatic heterocycles. The first-order chi connectivity index (χ1) is 38.2. The first-order valence-electron chi connectivity index (χ1n) is 26.6. The van der Waals surface area contributed by atoms with Gasteiger partial charge in [0.1, 0.15) is 11.2 Å². The summed E-state index contributed by atoms with van der Waals surface area (Å²) in [6.45, 7) is 0. The van der Waals surface area contributed by atoms with Gasteiger partial charge < -0.3 is 4.42 Å². The Morgan fingerprint density at radius 1 is 0.182 bits per heavy atom. The van der Waals surface area contributed by atoms with Crippen molar-refractivity contribution in [1.29, 1.82) is 0 Å². The van der Waals surface area contributed by atoms with Crippen LogP contribution in [0.3, 0.4) is 0 Å². The first-order valence-corrected chi connectivity index (χ1v) is 26.6. The van der Waals surface area contributed by atoms with Crippen LogP contribution in [0.15, 0.2) is 283 Å². The predicted octanol–water partition coefficient (Wildman–Crippen LogP) is 21.7. The van der Waals surface area contributed by atoms with Gasteiger partial charge in [0.15, 0.2) is 0 Å². The normalized spacial score (nSPS) is 11.9. The molecule has 1 aromatic heterocycles. The van der Waals surface area contributed by atoms with Crippen molar-refractivity contribution in [3.8, 4) is 66.8 Å². The van der Waals surface area contributed by atoms with Crippen molar-refractivity contribution in [2.45, 2.75) is 0 Å². The first kappa shape index (κ1) is 43.3. The minimum Gasteiger partial charge on any atom is -0.455 e. The minimum atomic E-state index is 0.910. The van der Waals surface area contributed by atoms with Crippen LogP contribution >= 0.6 is 0 Å². The summed E-state index contributed by atoms with van der Waals surface area (Å²) in [5.74, 6) is 0. The summed E-state index contributed by atoms with van der Waals surface area (Å²) >= 11 is 0. The molecule has 0 aliphatic carbocycles. The van der Waals surface area contributed by atoms with E-state index in [1.165, 1.54) is 131 Å². The number of para-hydroxylation sites is 2. The highest BCUT2D eigenvalue weighted by molar-refractivity contribution is 6.26.